The SMILES string of the molecule is CCNC1COCC1C(=O)NCCN(C)CC. The summed E-state index contributed by atoms with van der Waals surface area (Å²) in [5, 5.41) is 6.27. The average molecular weight is 243 g/mol. The Bertz CT molecular complexity index is 236. The second-order valence-corrected chi connectivity index (χ2v) is 4.50. The fourth-order valence-corrected chi connectivity index (χ4v) is 1.94. The molecule has 2 atom stereocenters. The summed E-state index contributed by atoms with van der Waals surface area (Å²) in [6.45, 7) is 8.80. The number of carbonyl (C=O) groups is 1. The van der Waals surface area contributed by atoms with Crippen LogP contribution in [0.1, 0.15) is 13.8 Å². The van der Waals surface area contributed by atoms with Gasteiger partial charge in [-0.1, -0.05) is 13.8 Å². The molecule has 1 saturated heterocycles. The van der Waals surface area contributed by atoms with Gasteiger partial charge in [0, 0.05) is 19.1 Å². The smallest absolute Gasteiger partial charge is 0.227 e. The molecule has 0 radical (unpaired) electrons. The van der Waals surface area contributed by atoms with E-state index >= 15 is 0 Å². The first-order valence-electron chi connectivity index (χ1n) is 6.46. The fourth-order valence-electron chi connectivity index (χ4n) is 1.94. The first-order valence-corrected chi connectivity index (χ1v) is 6.46. The molecule has 1 fully saturated rings. The van der Waals surface area contributed by atoms with Gasteiger partial charge in [0.2, 0.25) is 5.91 Å². The molecule has 1 aliphatic heterocycles. The highest BCUT2D eigenvalue weighted by atomic mass is 16.5. The van der Waals surface area contributed by atoms with Crippen LogP contribution in [0.5, 0.6) is 0 Å². The van der Waals surface area contributed by atoms with Crippen molar-refractivity contribution in [3.8, 4) is 0 Å². The van der Waals surface area contributed by atoms with Crippen molar-refractivity contribution in [1.82, 2.24) is 15.5 Å². The largest absolute Gasteiger partial charge is 0.379 e. The number of nitrogens with one attached hydrogen (secondary N) is 2. The Labute approximate surface area is 104 Å². The van der Waals surface area contributed by atoms with Gasteiger partial charge in [0.05, 0.1) is 19.1 Å². The van der Waals surface area contributed by atoms with E-state index < -0.39 is 0 Å². The molecule has 0 bridgehead atoms. The van der Waals surface area contributed by atoms with Crippen molar-refractivity contribution in [2.45, 2.75) is 19.9 Å². The van der Waals surface area contributed by atoms with Gasteiger partial charge in [-0.2, -0.15) is 0 Å². The number of ether oxygens (including phenoxy) is 1. The van der Waals surface area contributed by atoms with Gasteiger partial charge < -0.3 is 20.3 Å². The van der Waals surface area contributed by atoms with Crippen molar-refractivity contribution in [3.63, 3.8) is 0 Å². The Balaban J connectivity index is 2.26. The highest BCUT2D eigenvalue weighted by molar-refractivity contribution is 5.79. The molecule has 0 aromatic carbocycles. The van der Waals surface area contributed by atoms with Crippen molar-refractivity contribution < 1.29 is 9.53 Å². The number of carbonyl (C=O) groups excluding carboxylic acids is 1. The Hall–Kier alpha value is -0.650. The van der Waals surface area contributed by atoms with E-state index in [9.17, 15) is 4.79 Å². The summed E-state index contributed by atoms with van der Waals surface area (Å²) < 4.78 is 5.36. The number of hydrogen-bond donors (Lipinski definition) is 2. The van der Waals surface area contributed by atoms with Crippen LogP contribution in [0.2, 0.25) is 0 Å². The van der Waals surface area contributed by atoms with Gasteiger partial charge in [0.15, 0.2) is 0 Å². The van der Waals surface area contributed by atoms with Crippen LogP contribution in [0.4, 0.5) is 0 Å². The van der Waals surface area contributed by atoms with E-state index in [1.165, 1.54) is 0 Å². The molecule has 0 aromatic heterocycles. The number of amides is 1. The third-order valence-corrected chi connectivity index (χ3v) is 3.22. The predicted octanol–water partition coefficient (Wildman–Crippen LogP) is -0.321. The highest BCUT2D eigenvalue weighted by Gasteiger charge is 2.33. The zero-order valence-electron chi connectivity index (χ0n) is 11.2. The highest BCUT2D eigenvalue weighted by Crippen LogP contribution is 2.13. The molecule has 1 amide bonds. The summed E-state index contributed by atoms with van der Waals surface area (Å²) in [5.41, 5.74) is 0. The first kappa shape index (κ1) is 14.4. The van der Waals surface area contributed by atoms with Crippen LogP contribution in [-0.2, 0) is 9.53 Å². The van der Waals surface area contributed by atoms with E-state index in [1.54, 1.807) is 0 Å². The Morgan fingerprint density at radius 3 is 2.82 bits per heavy atom. The Kier molecular flexibility index (Phi) is 6.47. The molecule has 0 saturated carbocycles. The lowest BCUT2D eigenvalue weighted by Crippen LogP contribution is -2.45. The lowest BCUT2D eigenvalue weighted by Gasteiger charge is -2.19. The van der Waals surface area contributed by atoms with Gasteiger partial charge in [0.25, 0.3) is 0 Å². The molecule has 17 heavy (non-hydrogen) atoms. The van der Waals surface area contributed by atoms with Crippen LogP contribution < -0.4 is 10.6 Å². The number of nitrogens with zero attached hydrogens (tertiary/aromatic N) is 1. The second-order valence-electron chi connectivity index (χ2n) is 4.50. The van der Waals surface area contributed by atoms with Crippen molar-refractivity contribution >= 4 is 5.91 Å². The van der Waals surface area contributed by atoms with Crippen LogP contribution in [0, 0.1) is 5.92 Å². The summed E-state index contributed by atoms with van der Waals surface area (Å²) in [6.07, 6.45) is 0. The topological polar surface area (TPSA) is 53.6 Å². The van der Waals surface area contributed by atoms with Crippen molar-refractivity contribution in [2.75, 3.05) is 46.4 Å². The molecule has 0 aliphatic carbocycles. The standard InChI is InChI=1S/C12H25N3O2/c1-4-13-11-9-17-8-10(11)12(16)14-6-7-15(3)5-2/h10-11,13H,4-9H2,1-3H3,(H,14,16). The van der Waals surface area contributed by atoms with Crippen LogP contribution in [-0.4, -0.2) is 63.3 Å². The minimum Gasteiger partial charge on any atom is -0.379 e. The fraction of sp³-hybridized carbons (Fsp3) is 0.917. The number of likely N-dealkylation sites (N-methyl/N-ethyl adjacent to an activating group) is 2. The minimum atomic E-state index is -0.0399. The van der Waals surface area contributed by atoms with Crippen molar-refractivity contribution in [2.24, 2.45) is 5.92 Å². The van der Waals surface area contributed by atoms with E-state index in [0.717, 1.165) is 19.6 Å². The van der Waals surface area contributed by atoms with Crippen LogP contribution in [0.15, 0.2) is 0 Å². The van der Waals surface area contributed by atoms with E-state index in [4.69, 9.17) is 4.74 Å². The van der Waals surface area contributed by atoms with Gasteiger partial charge in [-0.15, -0.1) is 0 Å². The van der Waals surface area contributed by atoms with Gasteiger partial charge in [-0.05, 0) is 20.1 Å². The lowest BCUT2D eigenvalue weighted by molar-refractivity contribution is -0.125. The third-order valence-electron chi connectivity index (χ3n) is 3.22. The molecule has 2 N–H and O–H groups in total. The lowest BCUT2D eigenvalue weighted by atomic mass is 10.0. The molecule has 1 heterocycles. The molecule has 5 heteroatoms. The van der Waals surface area contributed by atoms with E-state index in [0.29, 0.717) is 19.8 Å². The maximum absolute atomic E-state index is 12.0. The van der Waals surface area contributed by atoms with Crippen molar-refractivity contribution in [1.29, 1.82) is 0 Å². The monoisotopic (exact) mass is 243 g/mol. The molecule has 5 nitrogen and oxygen atoms in total. The van der Waals surface area contributed by atoms with Gasteiger partial charge in [-0.25, -0.2) is 0 Å². The maximum Gasteiger partial charge on any atom is 0.227 e. The van der Waals surface area contributed by atoms with Gasteiger partial charge >= 0.3 is 0 Å². The van der Waals surface area contributed by atoms with Crippen LogP contribution in [0.25, 0.3) is 0 Å². The maximum atomic E-state index is 12.0. The van der Waals surface area contributed by atoms with Crippen molar-refractivity contribution in [3.05, 3.63) is 0 Å². The first-order chi connectivity index (χ1) is 8.19. The molecule has 1 aliphatic rings. The average Bonchev–Trinajstić information content (AvgIpc) is 2.77. The normalized spacial score (nSPS) is 24.2. The van der Waals surface area contributed by atoms with Crippen LogP contribution in [0.3, 0.4) is 0 Å². The molecular weight excluding hydrogens is 218 g/mol. The molecular formula is C12H25N3O2. The van der Waals surface area contributed by atoms with E-state index in [-0.39, 0.29) is 17.9 Å². The minimum absolute atomic E-state index is 0.0399. The van der Waals surface area contributed by atoms with E-state index in [2.05, 4.69) is 22.5 Å². The van der Waals surface area contributed by atoms with Gasteiger partial charge in [0.1, 0.15) is 0 Å². The summed E-state index contributed by atoms with van der Waals surface area (Å²) in [7, 11) is 2.05. The summed E-state index contributed by atoms with van der Waals surface area (Å²) >= 11 is 0. The zero-order valence-corrected chi connectivity index (χ0v) is 11.2. The molecule has 0 spiro atoms. The quantitative estimate of drug-likeness (QED) is 0.643. The number of hydrogen-bond acceptors (Lipinski definition) is 4. The Morgan fingerprint density at radius 1 is 1.41 bits per heavy atom. The second kappa shape index (κ2) is 7.63. The summed E-state index contributed by atoms with van der Waals surface area (Å²) in [6, 6.07) is 0.170. The molecule has 1 rings (SSSR count). The molecule has 2 unspecified atom stereocenters. The molecule has 0 aromatic rings. The predicted molar refractivity (Wildman–Crippen MR) is 68.0 cm³/mol. The number of rotatable bonds is 7. The summed E-state index contributed by atoms with van der Waals surface area (Å²) in [5.74, 6) is 0.0693. The third kappa shape index (κ3) is 4.61. The Morgan fingerprint density at radius 2 is 2.18 bits per heavy atom. The zero-order chi connectivity index (χ0) is 12.7. The van der Waals surface area contributed by atoms with E-state index in [1.807, 2.05) is 14.0 Å². The van der Waals surface area contributed by atoms with Crippen LogP contribution >= 0.6 is 0 Å². The van der Waals surface area contributed by atoms with Gasteiger partial charge in [-0.3, -0.25) is 4.79 Å². The molecule has 100 valence electrons. The summed E-state index contributed by atoms with van der Waals surface area (Å²) in [4.78, 5) is 14.1.